The highest BCUT2D eigenvalue weighted by Gasteiger charge is 2.37. The summed E-state index contributed by atoms with van der Waals surface area (Å²) in [7, 11) is 0. The van der Waals surface area contributed by atoms with Gasteiger partial charge in [0.05, 0.1) is 11.4 Å². The number of nitrogens with zero attached hydrogens (tertiary/aromatic N) is 2. The largest absolute Gasteiger partial charge is 0.481 e. The first-order chi connectivity index (χ1) is 10.2. The van der Waals surface area contributed by atoms with E-state index in [1.54, 1.807) is 12.1 Å². The highest BCUT2D eigenvalue weighted by Crippen LogP contribution is 2.44. The number of aromatic nitrogens is 2. The molecule has 2 aliphatic carbocycles. The maximum atomic E-state index is 12.6. The number of carbonyl (C=O) groups is 2. The van der Waals surface area contributed by atoms with Crippen LogP contribution in [0, 0.1) is 0 Å². The number of carboxylic acid groups (broad SMARTS) is 1. The molecule has 4 rings (SSSR count). The normalized spacial score (nSPS) is 18.6. The molecule has 0 saturated heterocycles. The molecule has 0 bridgehead atoms. The Hall–Kier alpha value is -2.82. The lowest BCUT2D eigenvalue weighted by Crippen LogP contribution is -2.23. The first-order valence-corrected chi connectivity index (χ1v) is 6.61. The number of rotatable bonds is 1. The molecule has 2 aromatic rings. The summed E-state index contributed by atoms with van der Waals surface area (Å²) in [5, 5.41) is 9.34. The fourth-order valence-electron chi connectivity index (χ4n) is 3.04. The van der Waals surface area contributed by atoms with E-state index in [2.05, 4.69) is 9.97 Å². The summed E-state index contributed by atoms with van der Waals surface area (Å²) in [6.45, 7) is 0. The summed E-state index contributed by atoms with van der Waals surface area (Å²) in [5.74, 6) is -1.74. The van der Waals surface area contributed by atoms with Gasteiger partial charge in [0.1, 0.15) is 12.2 Å². The van der Waals surface area contributed by atoms with Gasteiger partial charge in [-0.05, 0) is 6.42 Å². The number of fused-ring (bicyclic) bond motifs is 2. The fourth-order valence-corrected chi connectivity index (χ4v) is 3.04. The standard InChI is InChI=1S/C16H10N2O3/c19-15-9-4-2-1-3-8(9)13-12-10(15)5-6-11(16(20)21)14(12)18-7-17-13/h1-5,7,11H,6H2,(H,20,21). The maximum Gasteiger partial charge on any atom is 0.312 e. The summed E-state index contributed by atoms with van der Waals surface area (Å²) >= 11 is 0. The van der Waals surface area contributed by atoms with Gasteiger partial charge >= 0.3 is 5.97 Å². The molecular weight excluding hydrogens is 268 g/mol. The number of benzene rings is 1. The molecule has 1 aromatic carbocycles. The van der Waals surface area contributed by atoms with Crippen molar-refractivity contribution in [2.75, 3.05) is 0 Å². The minimum absolute atomic E-state index is 0.0852. The molecule has 21 heavy (non-hydrogen) atoms. The van der Waals surface area contributed by atoms with Crippen molar-refractivity contribution < 1.29 is 14.7 Å². The van der Waals surface area contributed by atoms with Gasteiger partial charge in [-0.15, -0.1) is 0 Å². The number of allylic oxidation sites excluding steroid dienone is 2. The minimum Gasteiger partial charge on any atom is -0.481 e. The Kier molecular flexibility index (Phi) is 2.33. The number of carbonyl (C=O) groups excluding carboxylic acids is 1. The topological polar surface area (TPSA) is 80.2 Å². The van der Waals surface area contributed by atoms with Gasteiger partial charge in [0.2, 0.25) is 0 Å². The van der Waals surface area contributed by atoms with Crippen LogP contribution in [-0.4, -0.2) is 26.8 Å². The molecule has 1 N–H and O–H groups in total. The van der Waals surface area contributed by atoms with Crippen LogP contribution in [0.3, 0.4) is 0 Å². The second-order valence-corrected chi connectivity index (χ2v) is 5.10. The second kappa shape index (κ2) is 4.09. The van der Waals surface area contributed by atoms with Crippen molar-refractivity contribution in [3.63, 3.8) is 0 Å². The van der Waals surface area contributed by atoms with Gasteiger partial charge in [-0.3, -0.25) is 9.59 Å². The van der Waals surface area contributed by atoms with Crippen molar-refractivity contribution in [1.29, 1.82) is 0 Å². The molecule has 0 radical (unpaired) electrons. The van der Waals surface area contributed by atoms with Gasteiger partial charge in [-0.2, -0.15) is 0 Å². The van der Waals surface area contributed by atoms with Crippen LogP contribution >= 0.6 is 0 Å². The number of hydrogen-bond donors (Lipinski definition) is 1. The molecule has 2 aliphatic rings. The zero-order valence-electron chi connectivity index (χ0n) is 10.9. The summed E-state index contributed by atoms with van der Waals surface area (Å²) in [4.78, 5) is 32.4. The Morgan fingerprint density at radius 1 is 1.19 bits per heavy atom. The SMILES string of the molecule is O=C1C2=CCC(C(=O)O)c3ncnc(c32)-c2ccccc21. The van der Waals surface area contributed by atoms with Crippen molar-refractivity contribution in [2.24, 2.45) is 0 Å². The lowest BCUT2D eigenvalue weighted by molar-refractivity contribution is -0.138. The van der Waals surface area contributed by atoms with Crippen molar-refractivity contribution in [3.05, 3.63) is 53.5 Å². The molecule has 1 heterocycles. The van der Waals surface area contributed by atoms with E-state index < -0.39 is 11.9 Å². The number of ketones is 1. The maximum absolute atomic E-state index is 12.6. The van der Waals surface area contributed by atoms with Gasteiger partial charge in [0, 0.05) is 22.3 Å². The number of carboxylic acids is 1. The Bertz CT molecular complexity index is 839. The highest BCUT2D eigenvalue weighted by molar-refractivity contribution is 6.34. The van der Waals surface area contributed by atoms with E-state index in [1.807, 2.05) is 18.2 Å². The molecule has 0 saturated carbocycles. The lowest BCUT2D eigenvalue weighted by Gasteiger charge is -2.27. The molecule has 0 spiro atoms. The number of aliphatic carboxylic acids is 1. The Balaban J connectivity index is 2.08. The van der Waals surface area contributed by atoms with Gasteiger partial charge < -0.3 is 5.11 Å². The first kappa shape index (κ1) is 12.0. The van der Waals surface area contributed by atoms with E-state index >= 15 is 0 Å². The van der Waals surface area contributed by atoms with Crippen molar-refractivity contribution in [2.45, 2.75) is 12.3 Å². The quantitative estimate of drug-likeness (QED) is 0.865. The predicted octanol–water partition coefficient (Wildman–Crippen LogP) is 2.30. The van der Waals surface area contributed by atoms with Crippen molar-refractivity contribution in [1.82, 2.24) is 9.97 Å². The lowest BCUT2D eigenvalue weighted by atomic mass is 9.77. The third-order valence-electron chi connectivity index (χ3n) is 4.00. The monoisotopic (exact) mass is 278 g/mol. The van der Waals surface area contributed by atoms with Crippen LogP contribution in [0.25, 0.3) is 16.8 Å². The summed E-state index contributed by atoms with van der Waals surface area (Å²) in [5.41, 5.74) is 3.54. The summed E-state index contributed by atoms with van der Waals surface area (Å²) < 4.78 is 0. The summed E-state index contributed by atoms with van der Waals surface area (Å²) in [6.07, 6.45) is 3.36. The molecule has 1 aromatic heterocycles. The van der Waals surface area contributed by atoms with Crippen molar-refractivity contribution >= 4 is 17.3 Å². The van der Waals surface area contributed by atoms with Gasteiger partial charge in [-0.25, -0.2) is 9.97 Å². The molecule has 5 nitrogen and oxygen atoms in total. The molecule has 1 atom stereocenters. The Labute approximate surface area is 120 Å². The molecule has 0 fully saturated rings. The molecule has 1 unspecified atom stereocenters. The minimum atomic E-state index is -0.933. The van der Waals surface area contributed by atoms with Gasteiger partial charge in [-0.1, -0.05) is 30.3 Å². The predicted molar refractivity (Wildman–Crippen MR) is 74.8 cm³/mol. The average Bonchev–Trinajstić information content (AvgIpc) is 2.51. The van der Waals surface area contributed by atoms with E-state index in [-0.39, 0.29) is 12.2 Å². The highest BCUT2D eigenvalue weighted by atomic mass is 16.4. The van der Waals surface area contributed by atoms with Crippen molar-refractivity contribution in [3.8, 4) is 11.3 Å². The fraction of sp³-hybridized carbons (Fsp3) is 0.125. The zero-order chi connectivity index (χ0) is 14.6. The third kappa shape index (κ3) is 1.51. The molecule has 0 aliphatic heterocycles. The third-order valence-corrected chi connectivity index (χ3v) is 4.00. The zero-order valence-corrected chi connectivity index (χ0v) is 10.9. The van der Waals surface area contributed by atoms with E-state index in [0.29, 0.717) is 28.1 Å². The van der Waals surface area contributed by atoms with Gasteiger partial charge in [0.25, 0.3) is 0 Å². The molecule has 5 heteroatoms. The van der Waals surface area contributed by atoms with E-state index in [1.165, 1.54) is 6.33 Å². The number of Topliss-reactive ketones (excluding diaryl/α,β-unsaturated/α-hetero) is 1. The first-order valence-electron chi connectivity index (χ1n) is 6.61. The molecular formula is C16H10N2O3. The molecule has 0 amide bonds. The van der Waals surface area contributed by atoms with Crippen LogP contribution in [0.4, 0.5) is 0 Å². The molecule has 102 valence electrons. The average molecular weight is 278 g/mol. The van der Waals surface area contributed by atoms with E-state index in [9.17, 15) is 14.7 Å². The Morgan fingerprint density at radius 2 is 1.95 bits per heavy atom. The van der Waals surface area contributed by atoms with Crippen LogP contribution in [-0.2, 0) is 4.79 Å². The van der Waals surface area contributed by atoms with Crippen LogP contribution in [0.1, 0.15) is 34.0 Å². The summed E-state index contributed by atoms with van der Waals surface area (Å²) in [6, 6.07) is 7.25. The van der Waals surface area contributed by atoms with Gasteiger partial charge in [0.15, 0.2) is 5.78 Å². The van der Waals surface area contributed by atoms with Crippen LogP contribution < -0.4 is 0 Å². The van der Waals surface area contributed by atoms with E-state index in [4.69, 9.17) is 0 Å². The van der Waals surface area contributed by atoms with Crippen LogP contribution in [0.15, 0.2) is 36.7 Å². The van der Waals surface area contributed by atoms with Crippen LogP contribution in [0.2, 0.25) is 0 Å². The second-order valence-electron chi connectivity index (χ2n) is 5.10. The van der Waals surface area contributed by atoms with Crippen LogP contribution in [0.5, 0.6) is 0 Å². The smallest absolute Gasteiger partial charge is 0.312 e. The Morgan fingerprint density at radius 3 is 2.71 bits per heavy atom. The number of hydrogen-bond acceptors (Lipinski definition) is 4. The van der Waals surface area contributed by atoms with E-state index in [0.717, 1.165) is 5.56 Å².